The molecule has 0 spiro atoms. The monoisotopic (exact) mass is 341 g/mol. The number of nitrogens with zero attached hydrogens (tertiary/aromatic N) is 1. The van der Waals surface area contributed by atoms with E-state index in [2.05, 4.69) is 19.7 Å². The van der Waals surface area contributed by atoms with Crippen LogP contribution in [0.3, 0.4) is 0 Å². The van der Waals surface area contributed by atoms with Gasteiger partial charge in [-0.15, -0.1) is 0 Å². The van der Waals surface area contributed by atoms with Crippen molar-refractivity contribution >= 4 is 21.7 Å². The lowest BCUT2D eigenvalue weighted by atomic mass is 10.2. The van der Waals surface area contributed by atoms with Crippen molar-refractivity contribution in [2.24, 2.45) is 0 Å². The van der Waals surface area contributed by atoms with Crippen LogP contribution in [0.15, 0.2) is 23.2 Å². The van der Waals surface area contributed by atoms with Gasteiger partial charge in [-0.3, -0.25) is 9.82 Å². The summed E-state index contributed by atoms with van der Waals surface area (Å²) >= 11 is 0. The Kier molecular flexibility index (Phi) is 4.69. The molecular formula is C14H16FN3O4S. The first kappa shape index (κ1) is 16.9. The predicted octanol–water partition coefficient (Wildman–Crippen LogP) is 2.01. The molecule has 0 bridgehead atoms. The molecule has 0 aliphatic heterocycles. The molecular weight excluding hydrogens is 325 g/mol. The van der Waals surface area contributed by atoms with Gasteiger partial charge in [0.15, 0.2) is 0 Å². The quantitative estimate of drug-likeness (QED) is 0.810. The summed E-state index contributed by atoms with van der Waals surface area (Å²) in [7, 11) is -3.12. The third-order valence-electron chi connectivity index (χ3n) is 3.17. The average Bonchev–Trinajstić information content (AvgIpc) is 2.94. The number of esters is 1. The number of aryl methyl sites for hydroxylation is 2. The molecule has 23 heavy (non-hydrogen) atoms. The van der Waals surface area contributed by atoms with E-state index in [0.717, 1.165) is 13.2 Å². The second-order valence-electron chi connectivity index (χ2n) is 4.82. The molecule has 0 fully saturated rings. The van der Waals surface area contributed by atoms with Crippen LogP contribution in [0.2, 0.25) is 0 Å². The first-order valence-corrected chi connectivity index (χ1v) is 8.23. The number of H-pyrrole nitrogens is 1. The lowest BCUT2D eigenvalue weighted by molar-refractivity contribution is 0.0595. The number of nitrogens with one attached hydrogen (secondary N) is 2. The number of methoxy groups -OCH3 is 1. The molecule has 124 valence electrons. The molecule has 0 atom stereocenters. The summed E-state index contributed by atoms with van der Waals surface area (Å²) in [5.74, 6) is -1.56. The number of halogens is 1. The molecule has 0 saturated heterocycles. The Morgan fingerprint density at radius 3 is 2.74 bits per heavy atom. The van der Waals surface area contributed by atoms with Crippen LogP contribution >= 0.6 is 0 Å². The minimum absolute atomic E-state index is 0.185. The van der Waals surface area contributed by atoms with Crippen molar-refractivity contribution in [3.8, 4) is 0 Å². The largest absolute Gasteiger partial charge is 0.465 e. The Labute approximate surface area is 132 Å². The molecule has 9 heteroatoms. The third kappa shape index (κ3) is 3.34. The van der Waals surface area contributed by atoms with Gasteiger partial charge >= 0.3 is 5.97 Å². The maximum Gasteiger partial charge on any atom is 0.342 e. The second kappa shape index (κ2) is 6.37. The van der Waals surface area contributed by atoms with Crippen LogP contribution in [0, 0.1) is 12.7 Å². The molecule has 0 unspecified atom stereocenters. The maximum atomic E-state index is 13.8. The van der Waals surface area contributed by atoms with Crippen LogP contribution < -0.4 is 4.72 Å². The zero-order chi connectivity index (χ0) is 17.2. The topological polar surface area (TPSA) is 101 Å². The molecule has 0 radical (unpaired) electrons. The van der Waals surface area contributed by atoms with E-state index in [1.807, 2.05) is 0 Å². The summed E-state index contributed by atoms with van der Waals surface area (Å²) in [6, 6.07) is 4.01. The summed E-state index contributed by atoms with van der Waals surface area (Å²) < 4.78 is 45.4. The number of rotatable bonds is 5. The summed E-state index contributed by atoms with van der Waals surface area (Å²) in [5.41, 5.74) is 0.591. The number of aromatic nitrogens is 2. The molecule has 2 rings (SSSR count). The summed E-state index contributed by atoms with van der Waals surface area (Å²) in [6.45, 7) is 3.42. The number of hydrogen-bond acceptors (Lipinski definition) is 5. The van der Waals surface area contributed by atoms with Crippen LogP contribution in [0.4, 0.5) is 10.1 Å². The Morgan fingerprint density at radius 1 is 1.43 bits per heavy atom. The van der Waals surface area contributed by atoms with Crippen molar-refractivity contribution in [3.05, 3.63) is 40.8 Å². The van der Waals surface area contributed by atoms with Gasteiger partial charge in [0.25, 0.3) is 10.0 Å². The number of sulfonamides is 1. The first-order valence-electron chi connectivity index (χ1n) is 6.74. The van der Waals surface area contributed by atoms with E-state index in [1.165, 1.54) is 12.1 Å². The highest BCUT2D eigenvalue weighted by Crippen LogP contribution is 2.23. The van der Waals surface area contributed by atoms with Gasteiger partial charge in [-0.2, -0.15) is 13.5 Å². The van der Waals surface area contributed by atoms with E-state index in [-0.39, 0.29) is 11.3 Å². The Balaban J connectivity index is 2.50. The molecule has 0 aliphatic carbocycles. The third-order valence-corrected chi connectivity index (χ3v) is 4.46. The van der Waals surface area contributed by atoms with E-state index in [9.17, 15) is 17.6 Å². The van der Waals surface area contributed by atoms with Gasteiger partial charge in [0, 0.05) is 0 Å². The standard InChI is InChI=1S/C14H16FN3O4S/c1-4-10-12(14(19)22-3)13(17-16-10)23(20,21)18-11-7-8(2)5-6-9(11)15/h5-7,18H,4H2,1-3H3,(H,16,17). The lowest BCUT2D eigenvalue weighted by Crippen LogP contribution is -2.18. The van der Waals surface area contributed by atoms with Crippen molar-refractivity contribution < 1.29 is 22.3 Å². The minimum atomic E-state index is -4.26. The average molecular weight is 341 g/mol. The number of carbonyl (C=O) groups excluding carboxylic acids is 1. The summed E-state index contributed by atoms with van der Waals surface area (Å²) in [5, 5.41) is 5.64. The molecule has 1 aromatic carbocycles. The van der Waals surface area contributed by atoms with Crippen LogP contribution in [0.5, 0.6) is 0 Å². The summed E-state index contributed by atoms with van der Waals surface area (Å²) in [6.07, 6.45) is 0.353. The van der Waals surface area contributed by atoms with Gasteiger partial charge in [0.1, 0.15) is 11.4 Å². The zero-order valence-corrected chi connectivity index (χ0v) is 13.6. The summed E-state index contributed by atoms with van der Waals surface area (Å²) in [4.78, 5) is 11.8. The lowest BCUT2D eigenvalue weighted by Gasteiger charge is -2.09. The molecule has 0 aliphatic rings. The predicted molar refractivity (Wildman–Crippen MR) is 81.3 cm³/mol. The maximum absolute atomic E-state index is 13.8. The van der Waals surface area contributed by atoms with E-state index in [1.54, 1.807) is 13.8 Å². The van der Waals surface area contributed by atoms with Crippen LogP contribution in [-0.4, -0.2) is 31.7 Å². The fourth-order valence-corrected chi connectivity index (χ4v) is 3.22. The van der Waals surface area contributed by atoms with Crippen molar-refractivity contribution in [2.75, 3.05) is 11.8 Å². The minimum Gasteiger partial charge on any atom is -0.465 e. The Bertz CT molecular complexity index is 846. The van der Waals surface area contributed by atoms with Crippen LogP contribution in [0.25, 0.3) is 0 Å². The number of hydrogen-bond donors (Lipinski definition) is 2. The highest BCUT2D eigenvalue weighted by Gasteiger charge is 2.30. The fraction of sp³-hybridized carbons (Fsp3) is 0.286. The van der Waals surface area contributed by atoms with Crippen molar-refractivity contribution in [3.63, 3.8) is 0 Å². The molecule has 7 nitrogen and oxygen atoms in total. The number of ether oxygens (including phenoxy) is 1. The van der Waals surface area contributed by atoms with Crippen molar-refractivity contribution in [1.29, 1.82) is 0 Å². The van der Waals surface area contributed by atoms with Crippen LogP contribution in [0.1, 0.15) is 28.5 Å². The van der Waals surface area contributed by atoms with Crippen molar-refractivity contribution in [2.45, 2.75) is 25.3 Å². The second-order valence-corrected chi connectivity index (χ2v) is 6.41. The van der Waals surface area contributed by atoms with Gasteiger partial charge in [0.05, 0.1) is 18.5 Å². The number of carbonyl (C=O) groups is 1. The Hall–Kier alpha value is -2.42. The zero-order valence-electron chi connectivity index (χ0n) is 12.8. The van der Waals surface area contributed by atoms with E-state index in [4.69, 9.17) is 0 Å². The van der Waals surface area contributed by atoms with E-state index >= 15 is 0 Å². The smallest absolute Gasteiger partial charge is 0.342 e. The van der Waals surface area contributed by atoms with E-state index in [0.29, 0.717) is 17.7 Å². The highest BCUT2D eigenvalue weighted by molar-refractivity contribution is 7.92. The first-order chi connectivity index (χ1) is 10.8. The van der Waals surface area contributed by atoms with Crippen molar-refractivity contribution in [1.82, 2.24) is 10.2 Å². The van der Waals surface area contributed by atoms with Gasteiger partial charge in [-0.1, -0.05) is 13.0 Å². The molecule has 1 aromatic heterocycles. The van der Waals surface area contributed by atoms with Gasteiger partial charge in [-0.25, -0.2) is 9.18 Å². The molecule has 0 saturated carbocycles. The number of anilines is 1. The molecule has 0 amide bonds. The van der Waals surface area contributed by atoms with Crippen LogP contribution in [-0.2, 0) is 21.2 Å². The van der Waals surface area contributed by atoms with E-state index < -0.39 is 26.8 Å². The van der Waals surface area contributed by atoms with Gasteiger partial charge in [-0.05, 0) is 31.0 Å². The fourth-order valence-electron chi connectivity index (χ4n) is 2.03. The Morgan fingerprint density at radius 2 is 2.13 bits per heavy atom. The SMILES string of the molecule is CCc1[nH]nc(S(=O)(=O)Nc2cc(C)ccc2F)c1C(=O)OC. The molecule has 2 N–H and O–H groups in total. The van der Waals surface area contributed by atoms with Gasteiger partial charge < -0.3 is 4.74 Å². The highest BCUT2D eigenvalue weighted by atomic mass is 32.2. The number of aromatic amines is 1. The van der Waals surface area contributed by atoms with Gasteiger partial charge in [0.2, 0.25) is 5.03 Å². The molecule has 2 aromatic rings. The molecule has 1 heterocycles. The normalized spacial score (nSPS) is 11.3. The number of benzene rings is 1.